The molecule has 0 radical (unpaired) electrons. The molecule has 0 aliphatic rings. The zero-order valence-corrected chi connectivity index (χ0v) is 8.69. The largest absolute Gasteiger partial charge is 0.294 e. The average Bonchev–Trinajstić information content (AvgIpc) is 2.09. The van der Waals surface area contributed by atoms with Gasteiger partial charge in [0.1, 0.15) is 0 Å². The highest BCUT2D eigenvalue weighted by atomic mass is 35.5. The van der Waals surface area contributed by atoms with Crippen molar-refractivity contribution in [3.8, 4) is 0 Å². The van der Waals surface area contributed by atoms with Gasteiger partial charge in [-0.25, -0.2) is 0 Å². The minimum absolute atomic E-state index is 0.135. The van der Waals surface area contributed by atoms with Crippen LogP contribution in [0.2, 0.25) is 0 Å². The summed E-state index contributed by atoms with van der Waals surface area (Å²) in [7, 11) is 0. The van der Waals surface area contributed by atoms with Crippen LogP contribution in [-0.4, -0.2) is 11.7 Å². The minimum Gasteiger partial charge on any atom is -0.294 e. The van der Waals surface area contributed by atoms with E-state index in [9.17, 15) is 4.79 Å². The van der Waals surface area contributed by atoms with Gasteiger partial charge in [-0.2, -0.15) is 0 Å². The van der Waals surface area contributed by atoms with Gasteiger partial charge in [-0.3, -0.25) is 4.79 Å². The molecule has 2 heteroatoms. The lowest BCUT2D eigenvalue weighted by atomic mass is 10.0. The van der Waals surface area contributed by atoms with E-state index in [2.05, 4.69) is 0 Å². The van der Waals surface area contributed by atoms with E-state index in [-0.39, 0.29) is 5.78 Å². The number of carbonyl (C=O) groups excluding carboxylic acids is 1. The van der Waals surface area contributed by atoms with Gasteiger partial charge in [-0.1, -0.05) is 17.7 Å². The van der Waals surface area contributed by atoms with Gasteiger partial charge in [0.05, 0.1) is 0 Å². The number of carbonyl (C=O) groups is 1. The fraction of sp³-hybridized carbons (Fsp3) is 0.364. The Hall–Kier alpha value is -0.820. The summed E-state index contributed by atoms with van der Waals surface area (Å²) < 4.78 is 0. The minimum atomic E-state index is 0.135. The van der Waals surface area contributed by atoms with Crippen LogP contribution < -0.4 is 0 Å². The number of hydrogen-bond acceptors (Lipinski definition) is 1. The molecule has 0 spiro atoms. The molecule has 0 amide bonds. The molecule has 0 bridgehead atoms. The first-order chi connectivity index (χ1) is 6.15. The van der Waals surface area contributed by atoms with Crippen LogP contribution in [0.1, 0.15) is 27.9 Å². The van der Waals surface area contributed by atoms with Crippen molar-refractivity contribution in [3.05, 3.63) is 34.9 Å². The van der Waals surface area contributed by atoms with Gasteiger partial charge in [-0.05, 0) is 25.5 Å². The molecule has 0 saturated carbocycles. The Balaban J connectivity index is 2.99. The van der Waals surface area contributed by atoms with E-state index in [0.717, 1.165) is 16.7 Å². The van der Waals surface area contributed by atoms with Gasteiger partial charge in [0.15, 0.2) is 5.78 Å². The Labute approximate surface area is 83.7 Å². The quantitative estimate of drug-likeness (QED) is 0.536. The van der Waals surface area contributed by atoms with E-state index in [1.54, 1.807) is 0 Å². The van der Waals surface area contributed by atoms with E-state index in [1.807, 2.05) is 32.0 Å². The van der Waals surface area contributed by atoms with Gasteiger partial charge in [0.2, 0.25) is 0 Å². The Morgan fingerprint density at radius 3 is 2.69 bits per heavy atom. The van der Waals surface area contributed by atoms with E-state index < -0.39 is 0 Å². The monoisotopic (exact) mass is 196 g/mol. The molecule has 0 aliphatic carbocycles. The number of Topliss-reactive ketones (excluding diaryl/α,β-unsaturated/α-hetero) is 1. The van der Waals surface area contributed by atoms with Crippen LogP contribution in [0.3, 0.4) is 0 Å². The summed E-state index contributed by atoms with van der Waals surface area (Å²) in [5.41, 5.74) is 2.95. The van der Waals surface area contributed by atoms with Crippen molar-refractivity contribution < 1.29 is 4.79 Å². The summed E-state index contributed by atoms with van der Waals surface area (Å²) in [5.74, 6) is 0.530. The fourth-order valence-electron chi connectivity index (χ4n) is 1.26. The number of aryl methyl sites for hydroxylation is 2. The van der Waals surface area contributed by atoms with Crippen LogP contribution in [0, 0.1) is 13.8 Å². The highest BCUT2D eigenvalue weighted by Gasteiger charge is 2.07. The third-order valence-corrected chi connectivity index (χ3v) is 2.20. The molecular weight excluding hydrogens is 184 g/mol. The van der Waals surface area contributed by atoms with Crippen molar-refractivity contribution in [1.29, 1.82) is 0 Å². The SMILES string of the molecule is Cc1ccc(C)c(C(=O)CCCl)c1. The summed E-state index contributed by atoms with van der Waals surface area (Å²) in [6, 6.07) is 5.90. The van der Waals surface area contributed by atoms with Gasteiger partial charge < -0.3 is 0 Å². The molecule has 1 nitrogen and oxygen atoms in total. The molecule has 0 atom stereocenters. The molecule has 1 aromatic rings. The molecule has 0 N–H and O–H groups in total. The van der Waals surface area contributed by atoms with Crippen molar-refractivity contribution in [1.82, 2.24) is 0 Å². The maximum absolute atomic E-state index is 11.5. The molecule has 0 unspecified atom stereocenters. The molecule has 1 aromatic carbocycles. The van der Waals surface area contributed by atoms with Crippen LogP contribution in [-0.2, 0) is 0 Å². The maximum Gasteiger partial charge on any atom is 0.164 e. The van der Waals surface area contributed by atoms with Crippen LogP contribution >= 0.6 is 11.6 Å². The molecule has 0 heterocycles. The summed E-state index contributed by atoms with van der Waals surface area (Å²) in [6.07, 6.45) is 0.422. The molecule has 13 heavy (non-hydrogen) atoms. The van der Waals surface area contributed by atoms with Crippen LogP contribution in [0.4, 0.5) is 0 Å². The van der Waals surface area contributed by atoms with Crippen molar-refractivity contribution in [3.63, 3.8) is 0 Å². The van der Waals surface area contributed by atoms with Crippen molar-refractivity contribution in [2.45, 2.75) is 20.3 Å². The molecule has 70 valence electrons. The number of rotatable bonds is 3. The van der Waals surface area contributed by atoms with E-state index in [4.69, 9.17) is 11.6 Å². The molecule has 1 rings (SSSR count). The standard InChI is InChI=1S/C11H13ClO/c1-8-3-4-9(2)10(7-8)11(13)5-6-12/h3-4,7H,5-6H2,1-2H3. The third kappa shape index (κ3) is 2.56. The topological polar surface area (TPSA) is 17.1 Å². The number of benzene rings is 1. The zero-order valence-electron chi connectivity index (χ0n) is 7.93. The fourth-order valence-corrected chi connectivity index (χ4v) is 1.43. The lowest BCUT2D eigenvalue weighted by molar-refractivity contribution is 0.0988. The predicted octanol–water partition coefficient (Wildman–Crippen LogP) is 3.12. The average molecular weight is 197 g/mol. The maximum atomic E-state index is 11.5. The van der Waals surface area contributed by atoms with E-state index >= 15 is 0 Å². The highest BCUT2D eigenvalue weighted by molar-refractivity contribution is 6.19. The number of ketones is 1. The van der Waals surface area contributed by atoms with Crippen molar-refractivity contribution in [2.75, 3.05) is 5.88 Å². The van der Waals surface area contributed by atoms with Gasteiger partial charge in [0.25, 0.3) is 0 Å². The predicted molar refractivity (Wildman–Crippen MR) is 55.6 cm³/mol. The first kappa shape index (κ1) is 10.3. The molecular formula is C11H13ClO. The van der Waals surface area contributed by atoms with E-state index in [0.29, 0.717) is 12.3 Å². The second-order valence-corrected chi connectivity index (χ2v) is 3.56. The lowest BCUT2D eigenvalue weighted by Gasteiger charge is -2.04. The zero-order chi connectivity index (χ0) is 9.84. The Bertz CT molecular complexity index is 318. The normalized spacial score (nSPS) is 10.1. The smallest absolute Gasteiger partial charge is 0.164 e. The molecule has 0 aromatic heterocycles. The second kappa shape index (κ2) is 4.43. The first-order valence-electron chi connectivity index (χ1n) is 4.31. The number of halogens is 1. The molecule has 0 aliphatic heterocycles. The first-order valence-corrected chi connectivity index (χ1v) is 4.85. The van der Waals surface area contributed by atoms with Crippen LogP contribution in [0.15, 0.2) is 18.2 Å². The molecule has 0 saturated heterocycles. The summed E-state index contributed by atoms with van der Waals surface area (Å²) in [5, 5.41) is 0. The highest BCUT2D eigenvalue weighted by Crippen LogP contribution is 2.12. The Morgan fingerprint density at radius 2 is 2.08 bits per heavy atom. The van der Waals surface area contributed by atoms with Gasteiger partial charge in [-0.15, -0.1) is 11.6 Å². The van der Waals surface area contributed by atoms with Gasteiger partial charge in [0, 0.05) is 17.9 Å². The lowest BCUT2D eigenvalue weighted by Crippen LogP contribution is -2.02. The number of alkyl halides is 1. The summed E-state index contributed by atoms with van der Waals surface area (Å²) in [6.45, 7) is 3.93. The van der Waals surface area contributed by atoms with Crippen molar-refractivity contribution in [2.24, 2.45) is 0 Å². The van der Waals surface area contributed by atoms with Crippen LogP contribution in [0.25, 0.3) is 0 Å². The number of hydrogen-bond donors (Lipinski definition) is 0. The summed E-state index contributed by atoms with van der Waals surface area (Å²) >= 11 is 5.52. The Morgan fingerprint density at radius 1 is 1.38 bits per heavy atom. The van der Waals surface area contributed by atoms with Gasteiger partial charge >= 0.3 is 0 Å². The Kier molecular flexibility index (Phi) is 3.49. The summed E-state index contributed by atoms with van der Waals surface area (Å²) in [4.78, 5) is 11.5. The second-order valence-electron chi connectivity index (χ2n) is 3.18. The van der Waals surface area contributed by atoms with Crippen molar-refractivity contribution >= 4 is 17.4 Å². The van der Waals surface area contributed by atoms with E-state index in [1.165, 1.54) is 0 Å². The van der Waals surface area contributed by atoms with Crippen LogP contribution in [0.5, 0.6) is 0 Å². The molecule has 0 fully saturated rings. The third-order valence-electron chi connectivity index (χ3n) is 2.02.